The van der Waals surface area contributed by atoms with E-state index in [1.54, 1.807) is 24.3 Å². The minimum Gasteiger partial charge on any atom is -0.508 e. The first kappa shape index (κ1) is 22.6. The zero-order valence-corrected chi connectivity index (χ0v) is 18.0. The van der Waals surface area contributed by atoms with Crippen molar-refractivity contribution in [2.75, 3.05) is 0 Å². The number of aromatic nitrogens is 2. The maximum atomic E-state index is 13.9. The number of phenolic OH excluding ortho intramolecular Hbond substituents is 1. The van der Waals surface area contributed by atoms with Crippen LogP contribution >= 0.6 is 0 Å². The lowest BCUT2D eigenvalue weighted by molar-refractivity contribution is -0.152. The fourth-order valence-electron chi connectivity index (χ4n) is 3.85. The highest BCUT2D eigenvalue weighted by atomic mass is 19.4. The van der Waals surface area contributed by atoms with Gasteiger partial charge in [0.25, 0.3) is 0 Å². The number of hydrogen-bond acceptors (Lipinski definition) is 4. The molecule has 0 saturated carbocycles. The number of aryl methyl sites for hydroxylation is 1. The zero-order chi connectivity index (χ0) is 23.6. The van der Waals surface area contributed by atoms with Gasteiger partial charge < -0.3 is 9.52 Å². The molecule has 0 fully saturated rings. The Morgan fingerprint density at radius 3 is 2.55 bits per heavy atom. The second kappa shape index (κ2) is 9.13. The van der Waals surface area contributed by atoms with E-state index in [9.17, 15) is 23.1 Å². The molecule has 0 aliphatic rings. The van der Waals surface area contributed by atoms with Crippen molar-refractivity contribution in [2.24, 2.45) is 0 Å². The lowest BCUT2D eigenvalue weighted by Crippen LogP contribution is -2.16. The van der Waals surface area contributed by atoms with Crippen LogP contribution in [-0.2, 0) is 12.6 Å². The summed E-state index contributed by atoms with van der Waals surface area (Å²) >= 11 is 0. The van der Waals surface area contributed by atoms with Crippen LogP contribution in [0.15, 0.2) is 64.1 Å². The Hall–Kier alpha value is -3.55. The van der Waals surface area contributed by atoms with E-state index in [1.165, 1.54) is 23.1 Å². The number of halogens is 3. The van der Waals surface area contributed by atoms with Crippen molar-refractivity contribution in [1.29, 1.82) is 0 Å². The molecular formula is C25H23F3N2O3. The van der Waals surface area contributed by atoms with E-state index in [2.05, 4.69) is 12.0 Å². The van der Waals surface area contributed by atoms with Gasteiger partial charge in [0.15, 0.2) is 0 Å². The lowest BCUT2D eigenvalue weighted by Gasteiger charge is -2.13. The van der Waals surface area contributed by atoms with Gasteiger partial charge in [-0.15, -0.1) is 0 Å². The third-order valence-electron chi connectivity index (χ3n) is 5.54. The van der Waals surface area contributed by atoms with Crippen LogP contribution in [0.5, 0.6) is 5.75 Å². The van der Waals surface area contributed by atoms with Gasteiger partial charge in [-0.1, -0.05) is 44.4 Å². The summed E-state index contributed by atoms with van der Waals surface area (Å²) in [5.41, 5.74) is -0.565. The van der Waals surface area contributed by atoms with Crippen LogP contribution < -0.4 is 5.43 Å². The van der Waals surface area contributed by atoms with Gasteiger partial charge in [-0.2, -0.15) is 18.3 Å². The molecule has 172 valence electrons. The maximum Gasteiger partial charge on any atom is 0.450 e. The van der Waals surface area contributed by atoms with E-state index in [0.717, 1.165) is 31.7 Å². The topological polar surface area (TPSA) is 68.3 Å². The summed E-state index contributed by atoms with van der Waals surface area (Å²) in [6.45, 7) is 2.08. The Kier molecular flexibility index (Phi) is 6.26. The average molecular weight is 456 g/mol. The van der Waals surface area contributed by atoms with E-state index >= 15 is 0 Å². The van der Waals surface area contributed by atoms with Crippen LogP contribution in [-0.4, -0.2) is 14.9 Å². The number of rotatable bonds is 7. The summed E-state index contributed by atoms with van der Waals surface area (Å²) in [6, 6.07) is 11.4. The number of benzene rings is 2. The largest absolute Gasteiger partial charge is 0.508 e. The van der Waals surface area contributed by atoms with Crippen molar-refractivity contribution >= 4 is 11.0 Å². The molecule has 0 amide bonds. The molecule has 4 aromatic rings. The number of alkyl halides is 3. The Morgan fingerprint density at radius 1 is 1.09 bits per heavy atom. The van der Waals surface area contributed by atoms with E-state index in [4.69, 9.17) is 4.42 Å². The Bertz CT molecular complexity index is 1320. The molecule has 5 nitrogen and oxygen atoms in total. The van der Waals surface area contributed by atoms with E-state index in [-0.39, 0.29) is 22.3 Å². The molecule has 0 bridgehead atoms. The summed E-state index contributed by atoms with van der Waals surface area (Å²) in [6.07, 6.45) is 2.04. The summed E-state index contributed by atoms with van der Waals surface area (Å²) < 4.78 is 48.2. The second-order valence-corrected chi connectivity index (χ2v) is 7.93. The minimum atomic E-state index is -4.91. The monoisotopic (exact) mass is 456 g/mol. The van der Waals surface area contributed by atoms with Crippen molar-refractivity contribution in [1.82, 2.24) is 9.78 Å². The molecule has 2 heterocycles. The molecule has 2 aromatic heterocycles. The predicted molar refractivity (Wildman–Crippen MR) is 120 cm³/mol. The molecule has 0 aliphatic carbocycles. The smallest absolute Gasteiger partial charge is 0.450 e. The standard InChI is InChI=1S/C25H23F3N2O3/c1-2-3-4-6-9-16-12-19-21(13-20(16)31)33-24(25(26,27)28)22(23(19)32)17-14-29-30(15-17)18-10-7-5-8-11-18/h5,7-8,10-15,31H,2-4,6,9H2,1H3. The van der Waals surface area contributed by atoms with Crippen LogP contribution in [0, 0.1) is 0 Å². The van der Waals surface area contributed by atoms with E-state index in [0.29, 0.717) is 17.7 Å². The van der Waals surface area contributed by atoms with E-state index in [1.807, 2.05) is 6.07 Å². The van der Waals surface area contributed by atoms with Crippen LogP contribution in [0.25, 0.3) is 27.8 Å². The molecule has 0 spiro atoms. The second-order valence-electron chi connectivity index (χ2n) is 7.93. The van der Waals surface area contributed by atoms with E-state index < -0.39 is 22.9 Å². The van der Waals surface area contributed by atoms with Crippen LogP contribution in [0.3, 0.4) is 0 Å². The molecule has 0 saturated heterocycles. The van der Waals surface area contributed by atoms with Gasteiger partial charge in [0, 0.05) is 17.8 Å². The lowest BCUT2D eigenvalue weighted by atomic mass is 10.0. The van der Waals surface area contributed by atoms with Crippen LogP contribution in [0.2, 0.25) is 0 Å². The van der Waals surface area contributed by atoms with Gasteiger partial charge in [0.1, 0.15) is 11.3 Å². The zero-order valence-electron chi connectivity index (χ0n) is 18.0. The fourth-order valence-corrected chi connectivity index (χ4v) is 3.85. The SMILES string of the molecule is CCCCCCc1cc2c(=O)c(-c3cnn(-c4ccccc4)c3)c(C(F)(F)F)oc2cc1O. The van der Waals surface area contributed by atoms with Crippen molar-refractivity contribution in [3.8, 4) is 22.6 Å². The molecule has 1 N–H and O–H groups in total. The van der Waals surface area contributed by atoms with Crippen molar-refractivity contribution < 1.29 is 22.7 Å². The highest BCUT2D eigenvalue weighted by molar-refractivity contribution is 5.84. The summed E-state index contributed by atoms with van der Waals surface area (Å²) in [5.74, 6) is -1.59. The number of phenols is 1. The van der Waals surface area contributed by atoms with Gasteiger partial charge in [0.05, 0.1) is 22.8 Å². The molecule has 0 unspecified atom stereocenters. The van der Waals surface area contributed by atoms with Gasteiger partial charge in [-0.05, 0) is 36.6 Å². The van der Waals surface area contributed by atoms with Crippen molar-refractivity contribution in [3.63, 3.8) is 0 Å². The van der Waals surface area contributed by atoms with Gasteiger partial charge in [0.2, 0.25) is 11.2 Å². The normalized spacial score (nSPS) is 11.9. The number of nitrogens with zero attached hydrogens (tertiary/aromatic N) is 2. The van der Waals surface area contributed by atoms with Gasteiger partial charge >= 0.3 is 6.18 Å². The minimum absolute atomic E-state index is 0.000557. The maximum absolute atomic E-state index is 13.9. The Balaban J connectivity index is 1.85. The number of unbranched alkanes of at least 4 members (excludes halogenated alkanes) is 3. The highest BCUT2D eigenvalue weighted by Gasteiger charge is 2.40. The van der Waals surface area contributed by atoms with Crippen LogP contribution in [0.4, 0.5) is 13.2 Å². The molecule has 8 heteroatoms. The molecule has 4 rings (SSSR count). The van der Waals surface area contributed by atoms with Gasteiger partial charge in [-0.3, -0.25) is 4.79 Å². The Labute approximate surface area is 188 Å². The van der Waals surface area contributed by atoms with Crippen molar-refractivity contribution in [2.45, 2.75) is 45.2 Å². The van der Waals surface area contributed by atoms with Gasteiger partial charge in [-0.25, -0.2) is 4.68 Å². The first-order valence-corrected chi connectivity index (χ1v) is 10.8. The summed E-state index contributed by atoms with van der Waals surface area (Å²) in [5, 5.41) is 14.4. The fraction of sp³-hybridized carbons (Fsp3) is 0.280. The van der Waals surface area contributed by atoms with Crippen molar-refractivity contribution in [3.05, 3.63) is 76.4 Å². The molecule has 2 aromatic carbocycles. The van der Waals surface area contributed by atoms with Crippen LogP contribution in [0.1, 0.15) is 43.9 Å². The quantitative estimate of drug-likeness (QED) is 0.323. The molecule has 33 heavy (non-hydrogen) atoms. The average Bonchev–Trinajstić information content (AvgIpc) is 3.27. The number of aromatic hydroxyl groups is 1. The highest BCUT2D eigenvalue weighted by Crippen LogP contribution is 2.38. The molecular weight excluding hydrogens is 433 g/mol. The summed E-state index contributed by atoms with van der Waals surface area (Å²) in [7, 11) is 0. The molecule has 0 atom stereocenters. The summed E-state index contributed by atoms with van der Waals surface area (Å²) in [4.78, 5) is 13.3. The first-order valence-electron chi connectivity index (χ1n) is 10.8. The molecule has 0 radical (unpaired) electrons. The molecule has 0 aliphatic heterocycles. The number of fused-ring (bicyclic) bond motifs is 1. The predicted octanol–water partition coefficient (Wildman–Crippen LogP) is 6.49. The number of para-hydroxylation sites is 1. The third kappa shape index (κ3) is 4.65. The Morgan fingerprint density at radius 2 is 1.85 bits per heavy atom. The number of hydrogen-bond donors (Lipinski definition) is 1. The first-order chi connectivity index (χ1) is 15.8. The third-order valence-corrected chi connectivity index (χ3v) is 5.54.